The van der Waals surface area contributed by atoms with Gasteiger partial charge in [-0.25, -0.2) is 4.98 Å². The van der Waals surface area contributed by atoms with Crippen molar-refractivity contribution in [2.45, 2.75) is 19.3 Å². The summed E-state index contributed by atoms with van der Waals surface area (Å²) in [6.45, 7) is 3.23. The van der Waals surface area contributed by atoms with Crippen LogP contribution in [0.15, 0.2) is 42.5 Å². The number of likely N-dealkylation sites (tertiary alicyclic amines) is 1. The molecule has 152 valence electrons. The van der Waals surface area contributed by atoms with Crippen molar-refractivity contribution in [1.29, 1.82) is 5.26 Å². The smallest absolute Gasteiger partial charge is 0.253 e. The lowest BCUT2D eigenvalue weighted by atomic mass is 9.90. The Balaban J connectivity index is 1.50. The summed E-state index contributed by atoms with van der Waals surface area (Å²) in [5.74, 6) is 0.874. The summed E-state index contributed by atoms with van der Waals surface area (Å²) >= 11 is 6.31. The van der Waals surface area contributed by atoms with Gasteiger partial charge >= 0.3 is 0 Å². The maximum Gasteiger partial charge on any atom is 0.253 e. The maximum absolute atomic E-state index is 13.0. The third-order valence-corrected chi connectivity index (χ3v) is 5.75. The molecule has 0 aliphatic carbocycles. The molecule has 1 aliphatic heterocycles. The van der Waals surface area contributed by atoms with Gasteiger partial charge < -0.3 is 15.0 Å². The SMILES string of the molecule is Cc1ccc(C(=O)N2CC(c3ccc(C#N)cc3)C2)cc1-c1nc(CCO)[nH]c1Cl. The van der Waals surface area contributed by atoms with Crippen LogP contribution < -0.4 is 0 Å². The van der Waals surface area contributed by atoms with Crippen LogP contribution in [0.1, 0.15) is 38.8 Å². The molecule has 2 N–H and O–H groups in total. The number of aromatic nitrogens is 2. The molecule has 30 heavy (non-hydrogen) atoms. The van der Waals surface area contributed by atoms with Crippen LogP contribution in [0.5, 0.6) is 0 Å². The zero-order chi connectivity index (χ0) is 21.3. The van der Waals surface area contributed by atoms with Crippen molar-refractivity contribution in [2.75, 3.05) is 19.7 Å². The van der Waals surface area contributed by atoms with Gasteiger partial charge in [-0.3, -0.25) is 4.79 Å². The van der Waals surface area contributed by atoms with Crippen molar-refractivity contribution < 1.29 is 9.90 Å². The Morgan fingerprint density at radius 1 is 1.30 bits per heavy atom. The Morgan fingerprint density at radius 3 is 2.70 bits per heavy atom. The number of aliphatic hydroxyl groups excluding tert-OH is 1. The van der Waals surface area contributed by atoms with E-state index >= 15 is 0 Å². The molecule has 0 atom stereocenters. The molecular weight excluding hydrogens is 400 g/mol. The first-order chi connectivity index (χ1) is 14.5. The van der Waals surface area contributed by atoms with Gasteiger partial charge in [0.25, 0.3) is 5.91 Å². The van der Waals surface area contributed by atoms with E-state index in [9.17, 15) is 4.79 Å². The molecule has 3 aromatic rings. The zero-order valence-corrected chi connectivity index (χ0v) is 17.3. The van der Waals surface area contributed by atoms with Gasteiger partial charge in [0, 0.05) is 36.6 Å². The minimum Gasteiger partial charge on any atom is -0.396 e. The van der Waals surface area contributed by atoms with Crippen LogP contribution in [0.3, 0.4) is 0 Å². The van der Waals surface area contributed by atoms with Crippen molar-refractivity contribution in [2.24, 2.45) is 0 Å². The van der Waals surface area contributed by atoms with Crippen LogP contribution in [0, 0.1) is 18.3 Å². The second-order valence-electron chi connectivity index (χ2n) is 7.49. The number of imidazole rings is 1. The van der Waals surface area contributed by atoms with Crippen molar-refractivity contribution >= 4 is 17.5 Å². The fraction of sp³-hybridized carbons (Fsp3) is 0.261. The van der Waals surface area contributed by atoms with Gasteiger partial charge in [-0.05, 0) is 42.3 Å². The summed E-state index contributed by atoms with van der Waals surface area (Å²) in [7, 11) is 0. The number of amides is 1. The molecule has 0 spiro atoms. The predicted octanol–water partition coefficient (Wildman–Crippen LogP) is 3.68. The van der Waals surface area contributed by atoms with E-state index in [1.165, 1.54) is 0 Å². The molecule has 4 rings (SSSR count). The lowest BCUT2D eigenvalue weighted by molar-refractivity contribution is 0.0602. The highest BCUT2D eigenvalue weighted by atomic mass is 35.5. The fourth-order valence-corrected chi connectivity index (χ4v) is 3.93. The van der Waals surface area contributed by atoms with Crippen LogP contribution in [0.2, 0.25) is 5.15 Å². The topological polar surface area (TPSA) is 93.0 Å². The Kier molecular flexibility index (Phi) is 5.58. The first-order valence-corrected chi connectivity index (χ1v) is 10.1. The number of nitrogens with one attached hydrogen (secondary N) is 1. The van der Waals surface area contributed by atoms with Crippen molar-refractivity contribution in [3.8, 4) is 17.3 Å². The third-order valence-electron chi connectivity index (χ3n) is 5.48. The number of hydrogen-bond acceptors (Lipinski definition) is 4. The van der Waals surface area contributed by atoms with Gasteiger partial charge in [-0.2, -0.15) is 5.26 Å². The molecule has 1 saturated heterocycles. The van der Waals surface area contributed by atoms with E-state index in [2.05, 4.69) is 16.0 Å². The van der Waals surface area contributed by atoms with E-state index in [-0.39, 0.29) is 18.4 Å². The monoisotopic (exact) mass is 420 g/mol. The van der Waals surface area contributed by atoms with Crippen LogP contribution in [-0.2, 0) is 6.42 Å². The van der Waals surface area contributed by atoms with Crippen LogP contribution in [-0.4, -0.2) is 45.6 Å². The van der Waals surface area contributed by atoms with Gasteiger partial charge in [-0.15, -0.1) is 0 Å². The molecule has 1 aromatic heterocycles. The Hall–Kier alpha value is -3.14. The number of benzene rings is 2. The summed E-state index contributed by atoms with van der Waals surface area (Å²) in [6.07, 6.45) is 0.391. The highest BCUT2D eigenvalue weighted by molar-refractivity contribution is 6.32. The minimum atomic E-state index is -0.0246. The minimum absolute atomic E-state index is 0.0177. The number of H-pyrrole nitrogens is 1. The third kappa shape index (κ3) is 3.82. The molecule has 0 bridgehead atoms. The van der Waals surface area contributed by atoms with E-state index in [1.54, 1.807) is 0 Å². The summed E-state index contributed by atoms with van der Waals surface area (Å²) in [5, 5.41) is 18.4. The van der Waals surface area contributed by atoms with Crippen molar-refractivity contribution in [3.63, 3.8) is 0 Å². The number of nitrogens with zero attached hydrogens (tertiary/aromatic N) is 3. The van der Waals surface area contributed by atoms with E-state index in [0.717, 1.165) is 16.7 Å². The van der Waals surface area contributed by atoms with Crippen molar-refractivity contribution in [3.05, 3.63) is 75.7 Å². The largest absolute Gasteiger partial charge is 0.396 e. The second kappa shape index (κ2) is 8.31. The summed E-state index contributed by atoms with van der Waals surface area (Å²) in [5.41, 5.74) is 4.73. The first kappa shape index (κ1) is 20.1. The molecule has 0 radical (unpaired) electrons. The first-order valence-electron chi connectivity index (χ1n) is 9.75. The molecule has 1 aliphatic rings. The van der Waals surface area contributed by atoms with E-state index in [4.69, 9.17) is 22.0 Å². The predicted molar refractivity (Wildman–Crippen MR) is 114 cm³/mol. The molecule has 6 nitrogen and oxygen atoms in total. The quantitative estimate of drug-likeness (QED) is 0.658. The summed E-state index contributed by atoms with van der Waals surface area (Å²) in [6, 6.07) is 15.2. The van der Waals surface area contributed by atoms with Gasteiger partial charge in [0.15, 0.2) is 0 Å². The van der Waals surface area contributed by atoms with Crippen LogP contribution >= 0.6 is 11.6 Å². The number of nitriles is 1. The number of rotatable bonds is 5. The average Bonchev–Trinajstić information content (AvgIpc) is 3.08. The van der Waals surface area contributed by atoms with E-state index in [1.807, 2.05) is 54.3 Å². The Morgan fingerprint density at radius 2 is 2.03 bits per heavy atom. The van der Waals surface area contributed by atoms with Gasteiger partial charge in [0.2, 0.25) is 0 Å². The Labute approximate surface area is 179 Å². The molecule has 7 heteroatoms. The highest BCUT2D eigenvalue weighted by Crippen LogP contribution is 2.32. The summed E-state index contributed by atoms with van der Waals surface area (Å²) in [4.78, 5) is 22.3. The second-order valence-corrected chi connectivity index (χ2v) is 7.87. The molecule has 2 aromatic carbocycles. The number of carbonyl (C=O) groups is 1. The van der Waals surface area contributed by atoms with E-state index in [0.29, 0.717) is 47.3 Å². The van der Waals surface area contributed by atoms with Gasteiger partial charge in [0.05, 0.1) is 18.2 Å². The number of aromatic amines is 1. The maximum atomic E-state index is 13.0. The van der Waals surface area contributed by atoms with Crippen LogP contribution in [0.4, 0.5) is 0 Å². The number of halogens is 1. The standard InChI is InChI=1S/C23H21ClN4O2/c1-14-2-5-17(10-19(14)21-22(24)27-20(26-21)8-9-29)23(30)28-12-18(13-28)16-6-3-15(11-25)4-7-16/h2-7,10,18,29H,8-9,12-13H2,1H3,(H,26,27). The number of aryl methyl sites for hydroxylation is 1. The number of carbonyl (C=O) groups excluding carboxylic acids is 1. The normalized spacial score (nSPS) is 13.7. The zero-order valence-electron chi connectivity index (χ0n) is 16.5. The molecular formula is C23H21ClN4O2. The number of hydrogen-bond donors (Lipinski definition) is 2. The van der Waals surface area contributed by atoms with Gasteiger partial charge in [-0.1, -0.05) is 29.8 Å². The van der Waals surface area contributed by atoms with E-state index < -0.39 is 0 Å². The van der Waals surface area contributed by atoms with Crippen molar-refractivity contribution in [1.82, 2.24) is 14.9 Å². The molecule has 0 unspecified atom stereocenters. The molecule has 0 saturated carbocycles. The Bertz CT molecular complexity index is 1130. The molecule has 2 heterocycles. The highest BCUT2D eigenvalue weighted by Gasteiger charge is 2.32. The average molecular weight is 421 g/mol. The lowest BCUT2D eigenvalue weighted by Crippen LogP contribution is -2.48. The van der Waals surface area contributed by atoms with Crippen LogP contribution in [0.25, 0.3) is 11.3 Å². The molecule has 1 fully saturated rings. The van der Waals surface area contributed by atoms with Gasteiger partial charge in [0.1, 0.15) is 16.7 Å². The fourth-order valence-electron chi connectivity index (χ4n) is 3.68. The summed E-state index contributed by atoms with van der Waals surface area (Å²) < 4.78 is 0. The molecule has 1 amide bonds. The lowest BCUT2D eigenvalue weighted by Gasteiger charge is -2.39. The number of aliphatic hydroxyl groups is 1.